The van der Waals surface area contributed by atoms with Gasteiger partial charge in [-0.25, -0.2) is 0 Å². The van der Waals surface area contributed by atoms with Crippen molar-refractivity contribution in [2.24, 2.45) is 5.73 Å². The van der Waals surface area contributed by atoms with Crippen LogP contribution in [0.3, 0.4) is 0 Å². The number of nitrogens with two attached hydrogens (primary N) is 1. The van der Waals surface area contributed by atoms with Gasteiger partial charge in [-0.05, 0) is 35.3 Å². The summed E-state index contributed by atoms with van der Waals surface area (Å²) >= 11 is 5.01. The van der Waals surface area contributed by atoms with Crippen molar-refractivity contribution in [1.82, 2.24) is 4.90 Å². The highest BCUT2D eigenvalue weighted by atomic mass is 79.9. The Hall–Kier alpha value is -0.1000. The quantitative estimate of drug-likeness (QED) is 0.862. The Kier molecular flexibility index (Phi) is 4.79. The first-order valence-electron chi connectivity index (χ1n) is 4.88. The lowest BCUT2D eigenvalue weighted by Gasteiger charge is -2.14. The van der Waals surface area contributed by atoms with Crippen molar-refractivity contribution in [3.63, 3.8) is 0 Å². The summed E-state index contributed by atoms with van der Waals surface area (Å²) in [5, 5.41) is 0. The van der Waals surface area contributed by atoms with Crippen molar-refractivity contribution in [3.05, 3.63) is 20.3 Å². The molecule has 1 fully saturated rings. The maximum absolute atomic E-state index is 12.1. The monoisotopic (exact) mass is 324 g/mol. The van der Waals surface area contributed by atoms with E-state index in [1.807, 2.05) is 17.9 Å². The van der Waals surface area contributed by atoms with Crippen molar-refractivity contribution in [3.8, 4) is 0 Å². The highest BCUT2D eigenvalue weighted by Crippen LogP contribution is 2.29. The van der Waals surface area contributed by atoms with Gasteiger partial charge in [-0.1, -0.05) is 0 Å². The first-order valence-corrected chi connectivity index (χ1v) is 6.49. The van der Waals surface area contributed by atoms with Gasteiger partial charge in [0.25, 0.3) is 5.91 Å². The van der Waals surface area contributed by atoms with E-state index in [0.29, 0.717) is 6.54 Å². The summed E-state index contributed by atoms with van der Waals surface area (Å²) in [4.78, 5) is 15.1. The molecule has 1 saturated heterocycles. The molecule has 0 radical (unpaired) electrons. The van der Waals surface area contributed by atoms with E-state index in [2.05, 4.69) is 15.9 Å². The largest absolute Gasteiger partial charge is 0.337 e. The molecule has 2 rings (SSSR count). The molecule has 0 bridgehead atoms. The van der Waals surface area contributed by atoms with Crippen LogP contribution in [0.25, 0.3) is 0 Å². The number of rotatable bonds is 1. The summed E-state index contributed by atoms with van der Waals surface area (Å²) in [6.45, 7) is 3.46. The Labute approximate surface area is 114 Å². The molecule has 6 heteroatoms. The predicted octanol–water partition coefficient (Wildman–Crippen LogP) is 2.41. The second-order valence-corrected chi connectivity index (χ2v) is 6.42. The molecule has 0 unspecified atom stereocenters. The fourth-order valence-electron chi connectivity index (χ4n) is 1.77. The zero-order valence-corrected chi connectivity index (χ0v) is 12.1. The summed E-state index contributed by atoms with van der Waals surface area (Å²) in [6.07, 6.45) is 0.909. The van der Waals surface area contributed by atoms with Crippen LogP contribution in [0.15, 0.2) is 9.85 Å². The minimum Gasteiger partial charge on any atom is -0.337 e. The van der Waals surface area contributed by atoms with Crippen molar-refractivity contribution in [2.45, 2.75) is 19.4 Å². The second kappa shape index (κ2) is 5.49. The Morgan fingerprint density at radius 2 is 2.38 bits per heavy atom. The second-order valence-electron chi connectivity index (χ2n) is 3.84. The molecule has 2 N–H and O–H groups in total. The minimum atomic E-state index is 0. The molecule has 0 aliphatic carbocycles. The van der Waals surface area contributed by atoms with Crippen LogP contribution in [0.2, 0.25) is 0 Å². The highest BCUT2D eigenvalue weighted by molar-refractivity contribution is 9.11. The number of aryl methyl sites for hydroxylation is 1. The molecular weight excluding hydrogens is 312 g/mol. The van der Waals surface area contributed by atoms with Crippen LogP contribution in [0, 0.1) is 6.92 Å². The van der Waals surface area contributed by atoms with E-state index < -0.39 is 0 Å². The number of thiophene rings is 1. The lowest BCUT2D eigenvalue weighted by molar-refractivity contribution is 0.0790. The zero-order valence-electron chi connectivity index (χ0n) is 8.90. The van der Waals surface area contributed by atoms with Crippen LogP contribution in [0.4, 0.5) is 0 Å². The standard InChI is InChI=1S/C10H13BrN2OS.ClH/c1-6-4-8(9(11)15-6)10(14)13-3-2-7(12)5-13;/h4,7H,2-3,5,12H2,1H3;1H/t7-;/m0./s1. The predicted molar refractivity (Wildman–Crippen MR) is 72.5 cm³/mol. The van der Waals surface area contributed by atoms with Crippen molar-refractivity contribution in [1.29, 1.82) is 0 Å². The van der Waals surface area contributed by atoms with E-state index in [1.54, 1.807) is 11.3 Å². The molecular formula is C10H14BrClN2OS. The van der Waals surface area contributed by atoms with Crippen molar-refractivity contribution >= 4 is 45.6 Å². The Morgan fingerprint density at radius 3 is 2.81 bits per heavy atom. The average molecular weight is 326 g/mol. The van der Waals surface area contributed by atoms with Gasteiger partial charge in [0.15, 0.2) is 0 Å². The number of amides is 1. The Morgan fingerprint density at radius 1 is 1.69 bits per heavy atom. The summed E-state index contributed by atoms with van der Waals surface area (Å²) in [5.74, 6) is 0.0965. The van der Waals surface area contributed by atoms with E-state index in [4.69, 9.17) is 5.73 Å². The molecule has 1 aliphatic rings. The molecule has 16 heavy (non-hydrogen) atoms. The van der Waals surface area contributed by atoms with Crippen molar-refractivity contribution < 1.29 is 4.79 Å². The van der Waals surface area contributed by atoms with Gasteiger partial charge in [-0.15, -0.1) is 23.7 Å². The van der Waals surface area contributed by atoms with Gasteiger partial charge in [-0.3, -0.25) is 4.79 Å². The van der Waals surface area contributed by atoms with Crippen LogP contribution in [-0.2, 0) is 0 Å². The minimum absolute atomic E-state index is 0. The molecule has 0 spiro atoms. The van der Waals surface area contributed by atoms with E-state index >= 15 is 0 Å². The third kappa shape index (κ3) is 2.77. The number of carbonyl (C=O) groups is 1. The summed E-state index contributed by atoms with van der Waals surface area (Å²) in [5.41, 5.74) is 6.55. The number of likely N-dealkylation sites (tertiary alicyclic amines) is 1. The van der Waals surface area contributed by atoms with Gasteiger partial charge in [0.2, 0.25) is 0 Å². The molecule has 1 aromatic heterocycles. The van der Waals surface area contributed by atoms with Gasteiger partial charge >= 0.3 is 0 Å². The van der Waals surface area contributed by atoms with Gasteiger partial charge in [0.05, 0.1) is 9.35 Å². The Balaban J connectivity index is 0.00000128. The maximum atomic E-state index is 12.1. The molecule has 3 nitrogen and oxygen atoms in total. The SMILES string of the molecule is Cc1cc(C(=O)N2CC[C@H](N)C2)c(Br)s1.Cl. The van der Waals surface area contributed by atoms with Crippen LogP contribution >= 0.6 is 39.7 Å². The van der Waals surface area contributed by atoms with Crippen LogP contribution in [-0.4, -0.2) is 29.9 Å². The molecule has 90 valence electrons. The number of hydrogen-bond donors (Lipinski definition) is 1. The normalized spacial score (nSPS) is 19.7. The summed E-state index contributed by atoms with van der Waals surface area (Å²) in [7, 11) is 0. The number of carbonyl (C=O) groups excluding carboxylic acids is 1. The molecule has 1 atom stereocenters. The fraction of sp³-hybridized carbons (Fsp3) is 0.500. The topological polar surface area (TPSA) is 46.3 Å². The molecule has 0 saturated carbocycles. The first-order chi connectivity index (χ1) is 7.08. The zero-order chi connectivity index (χ0) is 11.0. The molecule has 0 aromatic carbocycles. The van der Waals surface area contributed by atoms with Crippen molar-refractivity contribution in [2.75, 3.05) is 13.1 Å². The Bertz CT molecular complexity index is 396. The third-order valence-electron chi connectivity index (χ3n) is 2.55. The number of nitrogens with zero attached hydrogens (tertiary/aromatic N) is 1. The van der Waals surface area contributed by atoms with Crippen LogP contribution in [0.1, 0.15) is 21.7 Å². The van der Waals surface area contributed by atoms with E-state index in [-0.39, 0.29) is 24.4 Å². The molecule has 1 amide bonds. The molecule has 1 aromatic rings. The molecule has 2 heterocycles. The highest BCUT2D eigenvalue weighted by Gasteiger charge is 2.26. The lowest BCUT2D eigenvalue weighted by Crippen LogP contribution is -2.31. The van der Waals surface area contributed by atoms with Gasteiger partial charge in [-0.2, -0.15) is 0 Å². The van der Waals surface area contributed by atoms with E-state index in [0.717, 1.165) is 27.2 Å². The first kappa shape index (κ1) is 14.0. The van der Waals surface area contributed by atoms with E-state index in [9.17, 15) is 4.79 Å². The van der Waals surface area contributed by atoms with Gasteiger partial charge in [0.1, 0.15) is 0 Å². The maximum Gasteiger partial charge on any atom is 0.255 e. The lowest BCUT2D eigenvalue weighted by atomic mass is 10.3. The summed E-state index contributed by atoms with van der Waals surface area (Å²) < 4.78 is 0.922. The van der Waals surface area contributed by atoms with Crippen LogP contribution in [0.5, 0.6) is 0 Å². The summed E-state index contributed by atoms with van der Waals surface area (Å²) in [6, 6.07) is 2.08. The number of hydrogen-bond acceptors (Lipinski definition) is 3. The van der Waals surface area contributed by atoms with Gasteiger partial charge < -0.3 is 10.6 Å². The fourth-order valence-corrected chi connectivity index (χ4v) is 3.54. The van der Waals surface area contributed by atoms with Gasteiger partial charge in [0, 0.05) is 24.0 Å². The van der Waals surface area contributed by atoms with Crippen LogP contribution < -0.4 is 5.73 Å². The molecule has 1 aliphatic heterocycles. The number of halogens is 2. The van der Waals surface area contributed by atoms with E-state index in [1.165, 1.54) is 0 Å². The third-order valence-corrected chi connectivity index (χ3v) is 4.30. The average Bonchev–Trinajstić information content (AvgIpc) is 2.71. The smallest absolute Gasteiger partial charge is 0.255 e.